The van der Waals surface area contributed by atoms with Crippen molar-refractivity contribution < 1.29 is 14.4 Å². The quantitative estimate of drug-likeness (QED) is 0.622. The SMILES string of the molecule is CCOc1ccc(-c2cncc(C(=O)NOCc3c[nH]nc3C)n2)cn1. The molecule has 0 spiro atoms. The Labute approximate surface area is 149 Å². The summed E-state index contributed by atoms with van der Waals surface area (Å²) < 4.78 is 5.31. The molecule has 3 aromatic rings. The average molecular weight is 354 g/mol. The van der Waals surface area contributed by atoms with Crippen LogP contribution in [0.3, 0.4) is 0 Å². The molecule has 0 aliphatic carbocycles. The number of hydrogen-bond acceptors (Lipinski definition) is 7. The summed E-state index contributed by atoms with van der Waals surface area (Å²) in [4.78, 5) is 29.9. The largest absolute Gasteiger partial charge is 0.478 e. The molecule has 2 N–H and O–H groups in total. The molecule has 0 radical (unpaired) electrons. The first-order chi connectivity index (χ1) is 12.7. The zero-order chi connectivity index (χ0) is 18.4. The normalized spacial score (nSPS) is 10.5. The third-order valence-electron chi connectivity index (χ3n) is 3.52. The third kappa shape index (κ3) is 4.19. The predicted octanol–water partition coefficient (Wildman–Crippen LogP) is 1.83. The van der Waals surface area contributed by atoms with Gasteiger partial charge in [0.05, 0.1) is 30.4 Å². The lowest BCUT2D eigenvalue weighted by Crippen LogP contribution is -2.24. The zero-order valence-electron chi connectivity index (χ0n) is 14.4. The van der Waals surface area contributed by atoms with Crippen LogP contribution < -0.4 is 10.2 Å². The summed E-state index contributed by atoms with van der Waals surface area (Å²) in [5.74, 6) is 0.0421. The lowest BCUT2D eigenvalue weighted by atomic mass is 10.2. The number of aromatic amines is 1. The van der Waals surface area contributed by atoms with Crippen LogP contribution in [0.2, 0.25) is 0 Å². The highest BCUT2D eigenvalue weighted by Gasteiger charge is 2.11. The number of aryl methyl sites for hydroxylation is 1. The standard InChI is InChI=1S/C17H18N6O3/c1-3-25-16-5-4-12(6-19-16)14-8-18-9-15(21-14)17(24)23-26-10-13-7-20-22-11(13)2/h4-9H,3,10H2,1-2H3,(H,20,22)(H,23,24). The highest BCUT2D eigenvalue weighted by molar-refractivity contribution is 5.91. The van der Waals surface area contributed by atoms with E-state index in [-0.39, 0.29) is 12.3 Å². The number of H-pyrrole nitrogens is 1. The number of rotatable bonds is 7. The highest BCUT2D eigenvalue weighted by atomic mass is 16.6. The average Bonchev–Trinajstić information content (AvgIpc) is 3.07. The van der Waals surface area contributed by atoms with Gasteiger partial charge in [0.1, 0.15) is 12.3 Å². The van der Waals surface area contributed by atoms with Crippen LogP contribution in [0.1, 0.15) is 28.7 Å². The first-order valence-electron chi connectivity index (χ1n) is 8.00. The van der Waals surface area contributed by atoms with E-state index in [0.29, 0.717) is 18.2 Å². The molecule has 0 aliphatic rings. The zero-order valence-corrected chi connectivity index (χ0v) is 14.4. The minimum Gasteiger partial charge on any atom is -0.478 e. The second kappa shape index (κ2) is 8.17. The van der Waals surface area contributed by atoms with Crippen molar-refractivity contribution in [3.05, 3.63) is 53.9 Å². The topological polar surface area (TPSA) is 115 Å². The van der Waals surface area contributed by atoms with Crippen molar-refractivity contribution in [2.75, 3.05) is 6.61 Å². The minimum absolute atomic E-state index is 0.139. The Morgan fingerprint density at radius 1 is 1.27 bits per heavy atom. The Kier molecular flexibility index (Phi) is 5.49. The Morgan fingerprint density at radius 3 is 2.85 bits per heavy atom. The molecule has 0 unspecified atom stereocenters. The maximum atomic E-state index is 12.2. The minimum atomic E-state index is -0.487. The van der Waals surface area contributed by atoms with E-state index < -0.39 is 5.91 Å². The Hall–Kier alpha value is -3.33. The van der Waals surface area contributed by atoms with E-state index in [1.807, 2.05) is 19.9 Å². The van der Waals surface area contributed by atoms with Crippen molar-refractivity contribution in [2.45, 2.75) is 20.5 Å². The van der Waals surface area contributed by atoms with Gasteiger partial charge in [-0.25, -0.2) is 15.4 Å². The van der Waals surface area contributed by atoms with E-state index in [9.17, 15) is 4.79 Å². The summed E-state index contributed by atoms with van der Waals surface area (Å²) in [6.07, 6.45) is 6.26. The third-order valence-corrected chi connectivity index (χ3v) is 3.52. The molecule has 3 aromatic heterocycles. The fourth-order valence-corrected chi connectivity index (χ4v) is 2.14. The molecular formula is C17H18N6O3. The van der Waals surface area contributed by atoms with Crippen LogP contribution in [-0.2, 0) is 11.4 Å². The van der Waals surface area contributed by atoms with Gasteiger partial charge >= 0.3 is 0 Å². The van der Waals surface area contributed by atoms with Crippen LogP contribution in [0.5, 0.6) is 5.88 Å². The fraction of sp³-hybridized carbons (Fsp3) is 0.235. The van der Waals surface area contributed by atoms with Gasteiger partial charge in [0.25, 0.3) is 5.91 Å². The highest BCUT2D eigenvalue weighted by Crippen LogP contribution is 2.17. The Balaban J connectivity index is 1.64. The van der Waals surface area contributed by atoms with E-state index in [1.165, 1.54) is 6.20 Å². The van der Waals surface area contributed by atoms with Gasteiger partial charge in [0.15, 0.2) is 0 Å². The van der Waals surface area contributed by atoms with Crippen molar-refractivity contribution in [3.63, 3.8) is 0 Å². The molecule has 9 heteroatoms. The number of ether oxygens (including phenoxy) is 1. The number of nitrogens with one attached hydrogen (secondary N) is 2. The smallest absolute Gasteiger partial charge is 0.295 e. The number of aromatic nitrogens is 5. The lowest BCUT2D eigenvalue weighted by molar-refractivity contribution is 0.0227. The van der Waals surface area contributed by atoms with Gasteiger partial charge in [0.2, 0.25) is 5.88 Å². The molecule has 0 aromatic carbocycles. The molecule has 134 valence electrons. The fourth-order valence-electron chi connectivity index (χ4n) is 2.14. The van der Waals surface area contributed by atoms with Crippen molar-refractivity contribution >= 4 is 5.91 Å². The molecular weight excluding hydrogens is 336 g/mol. The molecule has 0 aliphatic heterocycles. The lowest BCUT2D eigenvalue weighted by Gasteiger charge is -2.07. The molecule has 1 amide bonds. The van der Waals surface area contributed by atoms with Gasteiger partial charge in [-0.05, 0) is 19.9 Å². The van der Waals surface area contributed by atoms with Crippen molar-refractivity contribution in [1.82, 2.24) is 30.6 Å². The predicted molar refractivity (Wildman–Crippen MR) is 92.0 cm³/mol. The number of carbonyl (C=O) groups excluding carboxylic acids is 1. The summed E-state index contributed by atoms with van der Waals surface area (Å²) in [5, 5.41) is 6.71. The molecule has 0 fully saturated rings. The Morgan fingerprint density at radius 2 is 2.15 bits per heavy atom. The van der Waals surface area contributed by atoms with Crippen molar-refractivity contribution in [2.24, 2.45) is 0 Å². The molecule has 26 heavy (non-hydrogen) atoms. The number of carbonyl (C=O) groups is 1. The number of amides is 1. The van der Waals surface area contributed by atoms with E-state index in [2.05, 4.69) is 30.6 Å². The van der Waals surface area contributed by atoms with E-state index in [1.54, 1.807) is 24.7 Å². The summed E-state index contributed by atoms with van der Waals surface area (Å²) in [7, 11) is 0. The van der Waals surface area contributed by atoms with Crippen LogP contribution in [0.4, 0.5) is 0 Å². The molecule has 9 nitrogen and oxygen atoms in total. The van der Waals surface area contributed by atoms with Crippen LogP contribution >= 0.6 is 0 Å². The molecule has 0 saturated heterocycles. The van der Waals surface area contributed by atoms with Crippen LogP contribution in [0.15, 0.2) is 36.9 Å². The summed E-state index contributed by atoms with van der Waals surface area (Å²) >= 11 is 0. The van der Waals surface area contributed by atoms with Crippen LogP contribution in [0.25, 0.3) is 11.3 Å². The number of pyridine rings is 1. The van der Waals surface area contributed by atoms with E-state index in [4.69, 9.17) is 9.57 Å². The Bertz CT molecular complexity index is 878. The van der Waals surface area contributed by atoms with Crippen molar-refractivity contribution in [3.8, 4) is 17.1 Å². The second-order valence-electron chi connectivity index (χ2n) is 5.32. The van der Waals surface area contributed by atoms with Gasteiger partial charge in [0, 0.05) is 29.6 Å². The molecule has 0 saturated carbocycles. The number of hydroxylamine groups is 1. The summed E-state index contributed by atoms with van der Waals surface area (Å²) in [6.45, 7) is 4.47. The molecule has 0 bridgehead atoms. The maximum absolute atomic E-state index is 12.2. The monoisotopic (exact) mass is 354 g/mol. The maximum Gasteiger partial charge on any atom is 0.295 e. The number of nitrogens with zero attached hydrogens (tertiary/aromatic N) is 4. The number of hydrogen-bond donors (Lipinski definition) is 2. The van der Waals surface area contributed by atoms with Gasteiger partial charge in [-0.1, -0.05) is 0 Å². The molecule has 3 heterocycles. The summed E-state index contributed by atoms with van der Waals surface area (Å²) in [5.41, 5.74) is 5.41. The van der Waals surface area contributed by atoms with Gasteiger partial charge in [-0.2, -0.15) is 5.10 Å². The second-order valence-corrected chi connectivity index (χ2v) is 5.32. The van der Waals surface area contributed by atoms with Crippen molar-refractivity contribution in [1.29, 1.82) is 0 Å². The first kappa shape index (κ1) is 17.5. The first-order valence-corrected chi connectivity index (χ1v) is 8.00. The van der Waals surface area contributed by atoms with Gasteiger partial charge in [-0.15, -0.1) is 0 Å². The molecule has 3 rings (SSSR count). The summed E-state index contributed by atoms with van der Waals surface area (Å²) in [6, 6.07) is 3.55. The molecule has 0 atom stereocenters. The van der Waals surface area contributed by atoms with Gasteiger partial charge < -0.3 is 4.74 Å². The van der Waals surface area contributed by atoms with Crippen LogP contribution in [-0.4, -0.2) is 37.7 Å². The van der Waals surface area contributed by atoms with E-state index >= 15 is 0 Å². The van der Waals surface area contributed by atoms with E-state index in [0.717, 1.165) is 16.8 Å². The van der Waals surface area contributed by atoms with Crippen LogP contribution in [0, 0.1) is 6.92 Å². The van der Waals surface area contributed by atoms with Gasteiger partial charge in [-0.3, -0.25) is 19.7 Å².